The summed E-state index contributed by atoms with van der Waals surface area (Å²) in [6.45, 7) is 0. The van der Waals surface area contributed by atoms with Crippen molar-refractivity contribution in [2.24, 2.45) is 0 Å². The smallest absolute Gasteiger partial charge is 0.337 e. The van der Waals surface area contributed by atoms with Crippen LogP contribution in [0, 0.1) is 0 Å². The highest BCUT2D eigenvalue weighted by Crippen LogP contribution is 2.18. The molecule has 2 N–H and O–H groups in total. The number of hydrogen-bond acceptors (Lipinski definition) is 5. The van der Waals surface area contributed by atoms with Crippen LogP contribution in [0.4, 0.5) is 11.4 Å². The Balaban J connectivity index is 1.80. The first kappa shape index (κ1) is 20.1. The summed E-state index contributed by atoms with van der Waals surface area (Å²) in [5.74, 6) is -1.04. The molecule has 0 radical (unpaired) electrons. The van der Waals surface area contributed by atoms with Gasteiger partial charge >= 0.3 is 5.97 Å². The van der Waals surface area contributed by atoms with Gasteiger partial charge in [-0.2, -0.15) is 0 Å². The fraction of sp³-hybridized carbons (Fsp3) is 0.0476. The Morgan fingerprint density at radius 1 is 0.793 bits per heavy atom. The van der Waals surface area contributed by atoms with E-state index in [1.165, 1.54) is 37.4 Å². The quantitative estimate of drug-likeness (QED) is 0.606. The number of methoxy groups -OCH3 is 1. The lowest BCUT2D eigenvalue weighted by molar-refractivity contribution is 0.0600. The Bertz CT molecular complexity index is 1140. The van der Waals surface area contributed by atoms with Crippen molar-refractivity contribution >= 4 is 33.3 Å². The molecule has 148 valence electrons. The molecule has 0 saturated carbocycles. The van der Waals surface area contributed by atoms with Gasteiger partial charge in [0.15, 0.2) is 0 Å². The predicted octanol–water partition coefficient (Wildman–Crippen LogP) is 3.53. The molecule has 3 aromatic rings. The van der Waals surface area contributed by atoms with E-state index in [0.29, 0.717) is 11.4 Å². The zero-order valence-electron chi connectivity index (χ0n) is 15.5. The van der Waals surface area contributed by atoms with E-state index in [0.717, 1.165) is 0 Å². The monoisotopic (exact) mass is 410 g/mol. The SMILES string of the molecule is COC(=O)c1cccc(NC(=O)c2cccc(S(=O)(=O)Nc3ccccc3)c2)c1. The Labute approximate surface area is 168 Å². The fourth-order valence-corrected chi connectivity index (χ4v) is 3.67. The molecule has 8 heteroatoms. The van der Waals surface area contributed by atoms with E-state index in [-0.39, 0.29) is 16.0 Å². The summed E-state index contributed by atoms with van der Waals surface area (Å²) in [4.78, 5) is 24.1. The number of hydrogen-bond donors (Lipinski definition) is 2. The van der Waals surface area contributed by atoms with Crippen LogP contribution in [-0.4, -0.2) is 27.4 Å². The average molecular weight is 410 g/mol. The van der Waals surface area contributed by atoms with Crippen LogP contribution in [0.15, 0.2) is 83.8 Å². The topological polar surface area (TPSA) is 102 Å². The van der Waals surface area contributed by atoms with E-state index >= 15 is 0 Å². The van der Waals surface area contributed by atoms with Crippen molar-refractivity contribution in [3.63, 3.8) is 0 Å². The van der Waals surface area contributed by atoms with Crippen LogP contribution >= 0.6 is 0 Å². The summed E-state index contributed by atoms with van der Waals surface area (Å²) in [6.07, 6.45) is 0. The molecule has 0 aliphatic rings. The number of ether oxygens (including phenoxy) is 1. The maximum atomic E-state index is 12.6. The van der Waals surface area contributed by atoms with Crippen LogP contribution in [0.5, 0.6) is 0 Å². The number of sulfonamides is 1. The minimum atomic E-state index is -3.85. The summed E-state index contributed by atoms with van der Waals surface area (Å²) in [6, 6.07) is 20.4. The number of amides is 1. The summed E-state index contributed by atoms with van der Waals surface area (Å²) in [5, 5.41) is 2.64. The summed E-state index contributed by atoms with van der Waals surface area (Å²) < 4.78 is 32.3. The van der Waals surface area contributed by atoms with Crippen molar-refractivity contribution in [3.05, 3.63) is 90.0 Å². The molecule has 0 aliphatic carbocycles. The van der Waals surface area contributed by atoms with E-state index in [2.05, 4.69) is 14.8 Å². The third-order valence-corrected chi connectivity index (χ3v) is 5.35. The van der Waals surface area contributed by atoms with E-state index < -0.39 is 21.9 Å². The first-order valence-corrected chi connectivity index (χ1v) is 10.0. The molecule has 0 aromatic heterocycles. The first-order chi connectivity index (χ1) is 13.9. The second-order valence-corrected chi connectivity index (χ2v) is 7.71. The van der Waals surface area contributed by atoms with Gasteiger partial charge in [0, 0.05) is 16.9 Å². The third kappa shape index (κ3) is 4.99. The zero-order valence-corrected chi connectivity index (χ0v) is 16.3. The van der Waals surface area contributed by atoms with Gasteiger partial charge in [0.25, 0.3) is 15.9 Å². The van der Waals surface area contributed by atoms with E-state index in [9.17, 15) is 18.0 Å². The molecule has 0 atom stereocenters. The van der Waals surface area contributed by atoms with Crippen LogP contribution in [0.3, 0.4) is 0 Å². The van der Waals surface area contributed by atoms with Crippen molar-refractivity contribution < 1.29 is 22.7 Å². The number of carbonyl (C=O) groups excluding carboxylic acids is 2. The summed E-state index contributed by atoms with van der Waals surface area (Å²) in [7, 11) is -2.59. The number of rotatable bonds is 6. The van der Waals surface area contributed by atoms with Crippen molar-refractivity contribution in [3.8, 4) is 0 Å². The number of para-hydroxylation sites is 1. The highest BCUT2D eigenvalue weighted by Gasteiger charge is 2.17. The molecule has 29 heavy (non-hydrogen) atoms. The molecule has 0 unspecified atom stereocenters. The molecular formula is C21H18N2O5S. The van der Waals surface area contributed by atoms with Gasteiger partial charge in [-0.05, 0) is 48.5 Å². The molecule has 0 saturated heterocycles. The maximum absolute atomic E-state index is 12.6. The predicted molar refractivity (Wildman–Crippen MR) is 109 cm³/mol. The Hall–Kier alpha value is -3.65. The van der Waals surface area contributed by atoms with Gasteiger partial charge in [-0.15, -0.1) is 0 Å². The fourth-order valence-electron chi connectivity index (χ4n) is 2.57. The molecule has 0 aliphatic heterocycles. The zero-order chi connectivity index (χ0) is 20.9. The Morgan fingerprint density at radius 2 is 1.45 bits per heavy atom. The van der Waals surface area contributed by atoms with Crippen molar-refractivity contribution in [1.82, 2.24) is 0 Å². The summed E-state index contributed by atoms with van der Waals surface area (Å²) >= 11 is 0. The lowest BCUT2D eigenvalue weighted by Crippen LogP contribution is -2.16. The van der Waals surface area contributed by atoms with Crippen LogP contribution in [-0.2, 0) is 14.8 Å². The van der Waals surface area contributed by atoms with E-state index in [1.807, 2.05) is 0 Å². The van der Waals surface area contributed by atoms with Crippen LogP contribution in [0.2, 0.25) is 0 Å². The van der Waals surface area contributed by atoms with E-state index in [4.69, 9.17) is 0 Å². The van der Waals surface area contributed by atoms with Gasteiger partial charge in [0.2, 0.25) is 0 Å². The molecule has 0 spiro atoms. The third-order valence-electron chi connectivity index (χ3n) is 3.97. The summed E-state index contributed by atoms with van der Waals surface area (Å²) in [5.41, 5.74) is 1.24. The van der Waals surface area contributed by atoms with Gasteiger partial charge in [0.1, 0.15) is 0 Å². The van der Waals surface area contributed by atoms with Crippen molar-refractivity contribution in [1.29, 1.82) is 0 Å². The maximum Gasteiger partial charge on any atom is 0.337 e. The highest BCUT2D eigenvalue weighted by molar-refractivity contribution is 7.92. The standard InChI is InChI=1S/C21H18N2O5S/c1-28-21(25)16-8-5-11-18(13-16)22-20(24)15-7-6-12-19(14-15)29(26,27)23-17-9-3-2-4-10-17/h2-14,23H,1H3,(H,22,24). The molecule has 0 fully saturated rings. The molecular weight excluding hydrogens is 392 g/mol. The number of anilines is 2. The average Bonchev–Trinajstić information content (AvgIpc) is 2.74. The van der Waals surface area contributed by atoms with Gasteiger partial charge in [-0.1, -0.05) is 30.3 Å². The van der Waals surface area contributed by atoms with Crippen LogP contribution in [0.25, 0.3) is 0 Å². The van der Waals surface area contributed by atoms with Gasteiger partial charge in [0.05, 0.1) is 17.6 Å². The van der Waals surface area contributed by atoms with E-state index in [1.54, 1.807) is 48.5 Å². The number of benzene rings is 3. The van der Waals surface area contributed by atoms with Crippen LogP contribution in [0.1, 0.15) is 20.7 Å². The number of carbonyl (C=O) groups is 2. The lowest BCUT2D eigenvalue weighted by atomic mass is 10.1. The molecule has 0 bridgehead atoms. The van der Waals surface area contributed by atoms with Gasteiger partial charge in [-0.25, -0.2) is 13.2 Å². The van der Waals surface area contributed by atoms with Crippen molar-refractivity contribution in [2.75, 3.05) is 17.1 Å². The lowest BCUT2D eigenvalue weighted by Gasteiger charge is -2.10. The van der Waals surface area contributed by atoms with Gasteiger partial charge in [-0.3, -0.25) is 9.52 Å². The normalized spacial score (nSPS) is 10.8. The first-order valence-electron chi connectivity index (χ1n) is 8.57. The largest absolute Gasteiger partial charge is 0.465 e. The number of nitrogens with one attached hydrogen (secondary N) is 2. The minimum Gasteiger partial charge on any atom is -0.465 e. The van der Waals surface area contributed by atoms with Crippen molar-refractivity contribution in [2.45, 2.75) is 4.90 Å². The second-order valence-electron chi connectivity index (χ2n) is 6.03. The van der Waals surface area contributed by atoms with Gasteiger partial charge < -0.3 is 10.1 Å². The molecule has 3 rings (SSSR count). The highest BCUT2D eigenvalue weighted by atomic mass is 32.2. The Morgan fingerprint density at radius 3 is 2.17 bits per heavy atom. The van der Waals surface area contributed by atoms with Crippen LogP contribution < -0.4 is 10.0 Å². The molecule has 0 heterocycles. The second kappa shape index (κ2) is 8.57. The Kier molecular flexibility index (Phi) is 5.94. The molecule has 1 amide bonds. The molecule has 3 aromatic carbocycles. The molecule has 7 nitrogen and oxygen atoms in total. The number of esters is 1. The minimum absolute atomic E-state index is 0.0442.